The molecule has 6 nitrogen and oxygen atoms in total. The lowest BCUT2D eigenvalue weighted by molar-refractivity contribution is -0.154. The first kappa shape index (κ1) is 14.7. The zero-order valence-electron chi connectivity index (χ0n) is 12.5. The normalized spacial score (nSPS) is 23.0. The van der Waals surface area contributed by atoms with Crippen LogP contribution in [0.15, 0.2) is 30.0 Å². The van der Waals surface area contributed by atoms with Gasteiger partial charge in [0.1, 0.15) is 11.9 Å². The Bertz CT molecular complexity index is 594. The Morgan fingerprint density at radius 2 is 2.05 bits per heavy atom. The maximum absolute atomic E-state index is 11.6. The maximum Gasteiger partial charge on any atom is 0.334 e. The summed E-state index contributed by atoms with van der Waals surface area (Å²) in [4.78, 5) is 11.6. The number of ether oxygens (including phenoxy) is 5. The van der Waals surface area contributed by atoms with E-state index in [2.05, 4.69) is 0 Å². The molecule has 22 heavy (non-hydrogen) atoms. The quantitative estimate of drug-likeness (QED) is 0.773. The van der Waals surface area contributed by atoms with Gasteiger partial charge < -0.3 is 23.7 Å². The first-order valence-corrected chi connectivity index (χ1v) is 7.09. The van der Waals surface area contributed by atoms with E-state index in [1.165, 1.54) is 13.2 Å². The zero-order chi connectivity index (χ0) is 15.5. The number of esters is 1. The van der Waals surface area contributed by atoms with Crippen molar-refractivity contribution in [1.82, 2.24) is 0 Å². The van der Waals surface area contributed by atoms with Crippen molar-refractivity contribution in [3.8, 4) is 11.5 Å². The van der Waals surface area contributed by atoms with Crippen LogP contribution in [0.1, 0.15) is 12.0 Å². The van der Waals surface area contributed by atoms with Crippen molar-refractivity contribution >= 4 is 5.97 Å². The van der Waals surface area contributed by atoms with Crippen LogP contribution in [0, 0.1) is 0 Å². The first-order valence-electron chi connectivity index (χ1n) is 7.09. The molecule has 0 saturated heterocycles. The highest BCUT2D eigenvalue weighted by atomic mass is 16.7. The van der Waals surface area contributed by atoms with Gasteiger partial charge in [-0.25, -0.2) is 4.79 Å². The zero-order valence-corrected chi connectivity index (χ0v) is 12.5. The minimum absolute atomic E-state index is 0.257. The summed E-state index contributed by atoms with van der Waals surface area (Å²) in [7, 11) is 3.09. The van der Waals surface area contributed by atoms with E-state index in [9.17, 15) is 4.79 Å². The number of carbonyl (C=O) groups excluding carboxylic acids is 1. The molecule has 6 heteroatoms. The summed E-state index contributed by atoms with van der Waals surface area (Å²) < 4.78 is 26.6. The molecule has 0 N–H and O–H groups in total. The van der Waals surface area contributed by atoms with Gasteiger partial charge in [0.25, 0.3) is 0 Å². The minimum atomic E-state index is -0.402. The largest absolute Gasteiger partial charge is 0.498 e. The van der Waals surface area contributed by atoms with E-state index in [0.717, 1.165) is 23.5 Å². The molecule has 118 valence electrons. The predicted octanol–water partition coefficient (Wildman–Crippen LogP) is 1.82. The highest BCUT2D eigenvalue weighted by Gasteiger charge is 2.33. The fraction of sp³-hybridized carbons (Fsp3) is 0.438. The molecule has 2 aliphatic heterocycles. The maximum atomic E-state index is 11.6. The Balaban J connectivity index is 1.67. The van der Waals surface area contributed by atoms with Crippen LogP contribution in [0.25, 0.3) is 0 Å². The summed E-state index contributed by atoms with van der Waals surface area (Å²) in [5, 5.41) is 0. The fourth-order valence-electron chi connectivity index (χ4n) is 2.69. The number of hydrogen-bond donors (Lipinski definition) is 0. The van der Waals surface area contributed by atoms with Crippen molar-refractivity contribution in [3.63, 3.8) is 0 Å². The van der Waals surface area contributed by atoms with Crippen LogP contribution < -0.4 is 9.47 Å². The lowest BCUT2D eigenvalue weighted by Gasteiger charge is -2.30. The molecule has 0 aromatic heterocycles. The van der Waals surface area contributed by atoms with Gasteiger partial charge in [0.15, 0.2) is 17.6 Å². The van der Waals surface area contributed by atoms with E-state index < -0.39 is 5.97 Å². The lowest BCUT2D eigenvalue weighted by atomic mass is 10.00. The molecule has 2 heterocycles. The van der Waals surface area contributed by atoms with Gasteiger partial charge in [-0.15, -0.1) is 0 Å². The Hall–Kier alpha value is -2.21. The van der Waals surface area contributed by atoms with Crippen LogP contribution in [0.4, 0.5) is 0 Å². The van der Waals surface area contributed by atoms with Crippen LogP contribution in [-0.2, 0) is 25.4 Å². The van der Waals surface area contributed by atoms with E-state index in [1.54, 1.807) is 7.11 Å². The Morgan fingerprint density at radius 3 is 2.82 bits per heavy atom. The average Bonchev–Trinajstić information content (AvgIpc) is 2.99. The summed E-state index contributed by atoms with van der Waals surface area (Å²) in [5.41, 5.74) is 1.09. The molecule has 3 rings (SSSR count). The molecular weight excluding hydrogens is 288 g/mol. The third-order valence-electron chi connectivity index (χ3n) is 3.79. The van der Waals surface area contributed by atoms with Crippen LogP contribution in [0.2, 0.25) is 0 Å². The van der Waals surface area contributed by atoms with E-state index in [0.29, 0.717) is 12.2 Å². The van der Waals surface area contributed by atoms with Crippen LogP contribution in [0.5, 0.6) is 11.5 Å². The fourth-order valence-corrected chi connectivity index (χ4v) is 2.69. The summed E-state index contributed by atoms with van der Waals surface area (Å²) in [6.45, 7) is 0.257. The lowest BCUT2D eigenvalue weighted by Crippen LogP contribution is -2.39. The molecule has 0 bridgehead atoms. The van der Waals surface area contributed by atoms with Crippen molar-refractivity contribution in [2.45, 2.75) is 25.0 Å². The molecule has 2 aliphatic rings. The number of methoxy groups -OCH3 is 2. The minimum Gasteiger partial charge on any atom is -0.498 e. The molecule has 1 aromatic rings. The van der Waals surface area contributed by atoms with Gasteiger partial charge in [-0.2, -0.15) is 0 Å². The molecule has 0 aliphatic carbocycles. The Morgan fingerprint density at radius 1 is 1.23 bits per heavy atom. The number of rotatable bonds is 5. The molecule has 0 spiro atoms. The molecule has 1 aromatic carbocycles. The Kier molecular flexibility index (Phi) is 4.20. The summed E-state index contributed by atoms with van der Waals surface area (Å²) >= 11 is 0. The molecule has 0 unspecified atom stereocenters. The predicted molar refractivity (Wildman–Crippen MR) is 76.7 cm³/mol. The van der Waals surface area contributed by atoms with Crippen LogP contribution >= 0.6 is 0 Å². The second-order valence-corrected chi connectivity index (χ2v) is 5.11. The summed E-state index contributed by atoms with van der Waals surface area (Å²) in [6.07, 6.45) is 1.93. The van der Waals surface area contributed by atoms with Gasteiger partial charge in [-0.1, -0.05) is 6.07 Å². The molecular formula is C16H18O6. The molecule has 0 saturated carbocycles. The molecule has 0 fully saturated rings. The number of hydrogen-bond acceptors (Lipinski definition) is 6. The number of cyclic esters (lactones) is 1. The van der Waals surface area contributed by atoms with Gasteiger partial charge in [-0.3, -0.25) is 0 Å². The smallest absolute Gasteiger partial charge is 0.334 e. The van der Waals surface area contributed by atoms with Gasteiger partial charge in [-0.05, 0) is 30.5 Å². The van der Waals surface area contributed by atoms with Gasteiger partial charge in [0.2, 0.25) is 6.79 Å². The Labute approximate surface area is 128 Å². The second-order valence-electron chi connectivity index (χ2n) is 5.11. The standard InChI is InChI=1S/C16H18O6/c1-18-14-8-15(17)22-12(16(14)19-2)6-4-10-3-5-11-13(7-10)21-9-20-11/h3,5,7-8,12,16H,4,6,9H2,1-2H3/t12-,16+/m0/s1. The number of fused-ring (bicyclic) bond motifs is 1. The second kappa shape index (κ2) is 6.27. The van der Waals surface area contributed by atoms with E-state index >= 15 is 0 Å². The van der Waals surface area contributed by atoms with Crippen LogP contribution in [-0.4, -0.2) is 39.2 Å². The number of benzene rings is 1. The van der Waals surface area contributed by atoms with E-state index in [1.807, 2.05) is 18.2 Å². The van der Waals surface area contributed by atoms with Crippen LogP contribution in [0.3, 0.4) is 0 Å². The van der Waals surface area contributed by atoms with Crippen molar-refractivity contribution in [2.24, 2.45) is 0 Å². The highest BCUT2D eigenvalue weighted by molar-refractivity contribution is 5.83. The number of carbonyl (C=O) groups is 1. The van der Waals surface area contributed by atoms with Gasteiger partial charge >= 0.3 is 5.97 Å². The van der Waals surface area contributed by atoms with Crippen molar-refractivity contribution < 1.29 is 28.5 Å². The summed E-state index contributed by atoms with van der Waals surface area (Å²) in [5.74, 6) is 1.60. The molecule has 0 radical (unpaired) electrons. The highest BCUT2D eigenvalue weighted by Crippen LogP contribution is 2.33. The van der Waals surface area contributed by atoms with Crippen molar-refractivity contribution in [3.05, 3.63) is 35.6 Å². The van der Waals surface area contributed by atoms with Crippen molar-refractivity contribution in [2.75, 3.05) is 21.0 Å². The topological polar surface area (TPSA) is 63.2 Å². The first-order chi connectivity index (χ1) is 10.7. The molecule has 2 atom stereocenters. The van der Waals surface area contributed by atoms with Gasteiger partial charge in [0.05, 0.1) is 13.2 Å². The van der Waals surface area contributed by atoms with Crippen molar-refractivity contribution in [1.29, 1.82) is 0 Å². The molecule has 0 amide bonds. The summed E-state index contributed by atoms with van der Waals surface area (Å²) in [6, 6.07) is 5.81. The number of aryl methyl sites for hydroxylation is 1. The van der Waals surface area contributed by atoms with E-state index in [-0.39, 0.29) is 19.0 Å². The monoisotopic (exact) mass is 306 g/mol. The average molecular weight is 306 g/mol. The third-order valence-corrected chi connectivity index (χ3v) is 3.79. The van der Waals surface area contributed by atoms with E-state index in [4.69, 9.17) is 23.7 Å². The SMILES string of the molecule is COC1=CC(=O)O[C@@H](CCc2ccc3c(c2)OCO3)[C@H]1OC. The van der Waals surface area contributed by atoms with Gasteiger partial charge in [0, 0.05) is 7.11 Å². The third kappa shape index (κ3) is 2.87.